The van der Waals surface area contributed by atoms with Crippen LogP contribution in [-0.2, 0) is 21.7 Å². The van der Waals surface area contributed by atoms with E-state index in [1.54, 1.807) is 0 Å². The van der Waals surface area contributed by atoms with Crippen LogP contribution < -0.4 is 24.8 Å². The minimum Gasteiger partial charge on any atom is -1.00 e. The molecule has 3 heteroatoms. The molecule has 0 nitrogen and oxygen atoms in total. The first-order valence-electron chi connectivity index (χ1n) is 9.68. The molecule has 0 aliphatic rings. The fourth-order valence-electron chi connectivity index (χ4n) is 3.82. The van der Waals surface area contributed by atoms with Gasteiger partial charge in [0.25, 0.3) is 0 Å². The summed E-state index contributed by atoms with van der Waals surface area (Å²) >= 11 is 0. The van der Waals surface area contributed by atoms with Gasteiger partial charge in [0.2, 0.25) is 0 Å². The Balaban J connectivity index is 0.000000490. The predicted octanol–water partition coefficient (Wildman–Crippen LogP) is 1.99. The molecule has 0 unspecified atom stereocenters. The van der Waals surface area contributed by atoms with Gasteiger partial charge >= 0.3 is 21.7 Å². The zero-order valence-corrected chi connectivity index (χ0v) is 21.3. The van der Waals surface area contributed by atoms with E-state index in [0.29, 0.717) is 11.8 Å². The minimum atomic E-state index is 0. The number of hydrogen-bond acceptors (Lipinski definition) is 0. The summed E-state index contributed by atoms with van der Waals surface area (Å²) in [6, 6.07) is 22.2. The normalized spacial score (nSPS) is 10.2. The van der Waals surface area contributed by atoms with E-state index in [2.05, 4.69) is 102 Å². The molecule has 0 radical (unpaired) electrons. The predicted molar refractivity (Wildman–Crippen MR) is 117 cm³/mol. The van der Waals surface area contributed by atoms with E-state index in [1.807, 2.05) is 0 Å². The Labute approximate surface area is 203 Å². The van der Waals surface area contributed by atoms with Crippen LogP contribution in [0.3, 0.4) is 0 Å². The molecule has 0 bridgehead atoms. The zero-order chi connectivity index (χ0) is 18.8. The molecule has 4 rings (SSSR count). The Hall–Kier alpha value is -1.05. The molecule has 0 saturated carbocycles. The topological polar surface area (TPSA) is 0 Å². The van der Waals surface area contributed by atoms with Gasteiger partial charge < -0.3 is 24.8 Å². The molecule has 0 N–H and O–H groups in total. The average molecular weight is 461 g/mol. The second-order valence-corrected chi connectivity index (χ2v) is 8.08. The van der Waals surface area contributed by atoms with E-state index >= 15 is 0 Å². The molecule has 0 heterocycles. The van der Waals surface area contributed by atoms with Gasteiger partial charge in [0.1, 0.15) is 0 Å². The number of hydrogen-bond donors (Lipinski definition) is 0. The zero-order valence-electron chi connectivity index (χ0n) is 18.2. The van der Waals surface area contributed by atoms with E-state index in [-0.39, 0.29) is 46.5 Å². The fraction of sp³-hybridized carbons (Fsp3) is 0.308. The standard InChI is InChI=1S/2C13H15.2ClH.Ti/c2*1-9(2)12-6-4-5-11-7-10(3)8-13(11)12;;;/h2*4-9H,1-3H3;2*1H;/q2*-1;;;+4/p-2. The molecule has 0 aliphatic carbocycles. The van der Waals surface area contributed by atoms with Crippen molar-refractivity contribution in [2.45, 2.75) is 53.4 Å². The van der Waals surface area contributed by atoms with Gasteiger partial charge in [-0.05, 0) is 11.8 Å². The number of aryl methyl sites for hydroxylation is 2. The summed E-state index contributed by atoms with van der Waals surface area (Å²) in [6.07, 6.45) is 0. The number of fused-ring (bicyclic) bond motifs is 2. The second kappa shape index (κ2) is 12.0. The molecule has 29 heavy (non-hydrogen) atoms. The quantitative estimate of drug-likeness (QED) is 0.317. The molecular formula is C26H30Cl2Ti. The van der Waals surface area contributed by atoms with E-state index in [1.165, 1.54) is 43.8 Å². The van der Waals surface area contributed by atoms with Crippen molar-refractivity contribution in [3.8, 4) is 0 Å². The molecule has 0 fully saturated rings. The fourth-order valence-corrected chi connectivity index (χ4v) is 3.82. The van der Waals surface area contributed by atoms with Crippen molar-refractivity contribution >= 4 is 21.5 Å². The first-order valence-corrected chi connectivity index (χ1v) is 9.68. The summed E-state index contributed by atoms with van der Waals surface area (Å²) in [4.78, 5) is 0. The van der Waals surface area contributed by atoms with Gasteiger partial charge in [-0.25, -0.2) is 0 Å². The Kier molecular flexibility index (Phi) is 11.5. The third-order valence-corrected chi connectivity index (χ3v) is 5.10. The third-order valence-electron chi connectivity index (χ3n) is 5.10. The molecule has 0 amide bonds. The van der Waals surface area contributed by atoms with Gasteiger partial charge in [-0.1, -0.05) is 64.8 Å². The van der Waals surface area contributed by atoms with Gasteiger partial charge in [-0.3, -0.25) is 0 Å². The van der Waals surface area contributed by atoms with Gasteiger partial charge in [-0.2, -0.15) is 12.1 Å². The molecule has 0 saturated heterocycles. The molecule has 4 aromatic carbocycles. The van der Waals surface area contributed by atoms with Crippen molar-refractivity contribution in [3.63, 3.8) is 0 Å². The van der Waals surface area contributed by atoms with E-state index in [9.17, 15) is 0 Å². The van der Waals surface area contributed by atoms with Crippen LogP contribution in [0.15, 0.2) is 60.7 Å². The van der Waals surface area contributed by atoms with Crippen LogP contribution in [0.4, 0.5) is 0 Å². The Morgan fingerprint density at radius 3 is 1.28 bits per heavy atom. The van der Waals surface area contributed by atoms with E-state index in [0.717, 1.165) is 0 Å². The average Bonchev–Trinajstić information content (AvgIpc) is 3.14. The van der Waals surface area contributed by atoms with Crippen LogP contribution in [0.25, 0.3) is 21.5 Å². The van der Waals surface area contributed by atoms with Crippen LogP contribution in [0.2, 0.25) is 0 Å². The monoisotopic (exact) mass is 460 g/mol. The maximum Gasteiger partial charge on any atom is 4.00 e. The van der Waals surface area contributed by atoms with Crippen LogP contribution in [0.1, 0.15) is 61.8 Å². The summed E-state index contributed by atoms with van der Waals surface area (Å²) in [5.74, 6) is 1.23. The number of rotatable bonds is 2. The summed E-state index contributed by atoms with van der Waals surface area (Å²) in [5.41, 5.74) is 5.66. The van der Waals surface area contributed by atoms with Crippen molar-refractivity contribution < 1.29 is 46.5 Å². The minimum absolute atomic E-state index is 0. The molecule has 152 valence electrons. The van der Waals surface area contributed by atoms with Crippen molar-refractivity contribution in [1.82, 2.24) is 0 Å². The van der Waals surface area contributed by atoms with E-state index in [4.69, 9.17) is 0 Å². The van der Waals surface area contributed by atoms with Crippen LogP contribution in [0.5, 0.6) is 0 Å². The van der Waals surface area contributed by atoms with Gasteiger partial charge in [0.05, 0.1) is 0 Å². The molecule has 0 atom stereocenters. The number of halogens is 2. The van der Waals surface area contributed by atoms with Gasteiger partial charge in [0, 0.05) is 0 Å². The van der Waals surface area contributed by atoms with Crippen molar-refractivity contribution in [3.05, 3.63) is 82.9 Å². The summed E-state index contributed by atoms with van der Waals surface area (Å²) in [7, 11) is 0. The smallest absolute Gasteiger partial charge is 1.00 e. The Bertz CT molecular complexity index is 938. The van der Waals surface area contributed by atoms with Crippen LogP contribution in [-0.4, -0.2) is 0 Å². The van der Waals surface area contributed by atoms with Gasteiger partial charge in [0.15, 0.2) is 0 Å². The molecule has 0 spiro atoms. The maximum absolute atomic E-state index is 2.28. The SMILES string of the molecule is Cc1cc2c(C(C)C)cccc2[cH-]1.Cc1cc2c(C(C)C)cccc2[cH-]1.[Cl-].[Cl-].[Ti+4]. The third kappa shape index (κ3) is 6.46. The largest absolute Gasteiger partial charge is 4.00 e. The Morgan fingerprint density at radius 2 is 0.966 bits per heavy atom. The van der Waals surface area contributed by atoms with Crippen molar-refractivity contribution in [2.75, 3.05) is 0 Å². The van der Waals surface area contributed by atoms with Crippen LogP contribution >= 0.6 is 0 Å². The summed E-state index contributed by atoms with van der Waals surface area (Å²) in [6.45, 7) is 13.3. The molecule has 0 aliphatic heterocycles. The summed E-state index contributed by atoms with van der Waals surface area (Å²) < 4.78 is 0. The maximum atomic E-state index is 2.28. The van der Waals surface area contributed by atoms with Crippen LogP contribution in [0, 0.1) is 13.8 Å². The molecule has 0 aromatic heterocycles. The van der Waals surface area contributed by atoms with E-state index < -0.39 is 0 Å². The second-order valence-electron chi connectivity index (χ2n) is 8.08. The van der Waals surface area contributed by atoms with Crippen molar-refractivity contribution in [2.24, 2.45) is 0 Å². The first kappa shape index (κ1) is 28.0. The van der Waals surface area contributed by atoms with Crippen molar-refractivity contribution in [1.29, 1.82) is 0 Å². The first-order chi connectivity index (χ1) is 12.4. The molecular weight excluding hydrogens is 431 g/mol. The summed E-state index contributed by atoms with van der Waals surface area (Å²) in [5, 5.41) is 5.61. The molecule has 4 aromatic rings. The van der Waals surface area contributed by atoms with Gasteiger partial charge in [-0.15, -0.1) is 69.1 Å². The Morgan fingerprint density at radius 1 is 0.621 bits per heavy atom. The number of benzene rings is 2.